The van der Waals surface area contributed by atoms with Gasteiger partial charge >= 0.3 is 0 Å². The molecule has 28 heavy (non-hydrogen) atoms. The molecule has 2 aliphatic rings. The van der Waals surface area contributed by atoms with Crippen molar-refractivity contribution in [3.63, 3.8) is 0 Å². The quantitative estimate of drug-likeness (QED) is 0.709. The van der Waals surface area contributed by atoms with Crippen molar-refractivity contribution in [1.82, 2.24) is 4.90 Å². The summed E-state index contributed by atoms with van der Waals surface area (Å²) in [6.07, 6.45) is 0. The van der Waals surface area contributed by atoms with Gasteiger partial charge in [0.15, 0.2) is 0 Å². The third-order valence-electron chi connectivity index (χ3n) is 4.68. The zero-order valence-electron chi connectivity index (χ0n) is 14.6. The van der Waals surface area contributed by atoms with Gasteiger partial charge in [0, 0.05) is 18.1 Å². The number of carbonyl (C=O) groups is 2. The second-order valence-corrected chi connectivity index (χ2v) is 7.22. The zero-order valence-corrected chi connectivity index (χ0v) is 16.1. The fourth-order valence-electron chi connectivity index (χ4n) is 3.33. The van der Waals surface area contributed by atoms with Gasteiger partial charge in [0.25, 0.3) is 11.8 Å². The predicted octanol–water partition coefficient (Wildman–Crippen LogP) is 3.75. The third kappa shape index (κ3) is 3.28. The summed E-state index contributed by atoms with van der Waals surface area (Å²) in [5.74, 6) is -1.58. The van der Waals surface area contributed by atoms with Crippen LogP contribution in [0.15, 0.2) is 48.2 Å². The molecule has 0 unspecified atom stereocenters. The van der Waals surface area contributed by atoms with Gasteiger partial charge in [-0.05, 0) is 35.9 Å². The van der Waals surface area contributed by atoms with E-state index in [1.165, 1.54) is 12.1 Å². The molecule has 1 fully saturated rings. The van der Waals surface area contributed by atoms with Crippen LogP contribution in [-0.2, 0) is 14.3 Å². The lowest BCUT2D eigenvalue weighted by Gasteiger charge is -2.29. The van der Waals surface area contributed by atoms with Gasteiger partial charge in [-0.3, -0.25) is 9.59 Å². The van der Waals surface area contributed by atoms with Crippen LogP contribution in [0.25, 0.3) is 5.57 Å². The van der Waals surface area contributed by atoms with Crippen molar-refractivity contribution >= 4 is 46.3 Å². The number of amides is 2. The van der Waals surface area contributed by atoms with Crippen LogP contribution in [0.4, 0.5) is 10.1 Å². The first kappa shape index (κ1) is 18.9. The zero-order chi connectivity index (χ0) is 19.8. The standard InChI is InChI=1S/C20H15Cl2FN2O3/c21-13-3-1-12(2-4-13)17-18(24-7-9-28-10-8-24)20(27)25(19(17)26)14-5-6-16(23)15(22)11-14/h1-6,11H,7-10H2. The molecule has 2 amide bonds. The topological polar surface area (TPSA) is 49.9 Å². The van der Waals surface area contributed by atoms with Gasteiger partial charge in [-0.25, -0.2) is 9.29 Å². The SMILES string of the molecule is O=C1C(c2ccc(Cl)cc2)=C(N2CCOCC2)C(=O)N1c1ccc(F)c(Cl)c1. The summed E-state index contributed by atoms with van der Waals surface area (Å²) in [5.41, 5.74) is 1.39. The van der Waals surface area contributed by atoms with E-state index in [0.717, 1.165) is 11.0 Å². The van der Waals surface area contributed by atoms with Gasteiger partial charge in [0.2, 0.25) is 0 Å². The highest BCUT2D eigenvalue weighted by Gasteiger charge is 2.42. The van der Waals surface area contributed by atoms with Crippen molar-refractivity contribution in [2.24, 2.45) is 0 Å². The number of hydrogen-bond acceptors (Lipinski definition) is 4. The van der Waals surface area contributed by atoms with E-state index >= 15 is 0 Å². The lowest BCUT2D eigenvalue weighted by atomic mass is 10.0. The summed E-state index contributed by atoms with van der Waals surface area (Å²) in [7, 11) is 0. The first-order valence-electron chi connectivity index (χ1n) is 8.64. The van der Waals surface area contributed by atoms with Crippen LogP contribution in [0.3, 0.4) is 0 Å². The molecule has 0 radical (unpaired) electrons. The molecular weight excluding hydrogens is 406 g/mol. The average Bonchev–Trinajstić information content (AvgIpc) is 2.96. The van der Waals surface area contributed by atoms with Crippen LogP contribution in [0, 0.1) is 5.82 Å². The molecule has 0 aliphatic carbocycles. The number of imide groups is 1. The Labute approximate surface area is 170 Å². The molecule has 0 bridgehead atoms. The highest BCUT2D eigenvalue weighted by molar-refractivity contribution is 6.45. The van der Waals surface area contributed by atoms with E-state index in [1.54, 1.807) is 24.3 Å². The van der Waals surface area contributed by atoms with Crippen molar-refractivity contribution in [2.45, 2.75) is 0 Å². The fourth-order valence-corrected chi connectivity index (χ4v) is 3.63. The lowest BCUT2D eigenvalue weighted by Crippen LogP contribution is -2.40. The molecule has 144 valence electrons. The number of hydrogen-bond donors (Lipinski definition) is 0. The van der Waals surface area contributed by atoms with E-state index in [9.17, 15) is 14.0 Å². The van der Waals surface area contributed by atoms with Crippen LogP contribution < -0.4 is 4.90 Å². The number of nitrogens with zero attached hydrogens (tertiary/aromatic N) is 2. The molecule has 8 heteroatoms. The molecule has 2 aromatic carbocycles. The van der Waals surface area contributed by atoms with E-state index in [-0.39, 0.29) is 16.3 Å². The molecule has 2 heterocycles. The van der Waals surface area contributed by atoms with Gasteiger partial charge in [-0.15, -0.1) is 0 Å². The Hall–Kier alpha value is -2.41. The molecule has 2 aliphatic heterocycles. The predicted molar refractivity (Wildman–Crippen MR) is 105 cm³/mol. The minimum absolute atomic E-state index is 0.161. The van der Waals surface area contributed by atoms with Crippen LogP contribution >= 0.6 is 23.2 Å². The van der Waals surface area contributed by atoms with E-state index in [0.29, 0.717) is 42.6 Å². The molecule has 4 rings (SSSR count). The normalized spacial score (nSPS) is 17.7. The van der Waals surface area contributed by atoms with E-state index in [2.05, 4.69) is 0 Å². The number of ether oxygens (including phenoxy) is 1. The van der Waals surface area contributed by atoms with Gasteiger partial charge < -0.3 is 9.64 Å². The molecule has 0 aromatic heterocycles. The van der Waals surface area contributed by atoms with Gasteiger partial charge in [0.05, 0.1) is 29.5 Å². The molecule has 2 aromatic rings. The number of halogens is 3. The number of carbonyl (C=O) groups excluding carboxylic acids is 2. The number of anilines is 1. The maximum absolute atomic E-state index is 13.6. The largest absolute Gasteiger partial charge is 0.378 e. The molecule has 0 atom stereocenters. The molecule has 5 nitrogen and oxygen atoms in total. The van der Waals surface area contributed by atoms with Crippen molar-refractivity contribution in [1.29, 1.82) is 0 Å². The van der Waals surface area contributed by atoms with Crippen LogP contribution in [-0.4, -0.2) is 43.0 Å². The maximum atomic E-state index is 13.6. The average molecular weight is 421 g/mol. The Bertz CT molecular complexity index is 985. The van der Waals surface area contributed by atoms with Crippen molar-refractivity contribution < 1.29 is 18.7 Å². The second-order valence-electron chi connectivity index (χ2n) is 6.37. The second kappa shape index (κ2) is 7.54. The van der Waals surface area contributed by atoms with Gasteiger partial charge in [-0.2, -0.15) is 0 Å². The Balaban J connectivity index is 1.82. The first-order chi connectivity index (χ1) is 13.5. The smallest absolute Gasteiger partial charge is 0.282 e. The maximum Gasteiger partial charge on any atom is 0.282 e. The third-order valence-corrected chi connectivity index (χ3v) is 5.22. The van der Waals surface area contributed by atoms with Crippen molar-refractivity contribution in [3.05, 3.63) is 69.6 Å². The highest BCUT2D eigenvalue weighted by atomic mass is 35.5. The summed E-state index contributed by atoms with van der Waals surface area (Å²) in [6.45, 7) is 1.90. The Morgan fingerprint density at radius 2 is 1.61 bits per heavy atom. The molecule has 0 N–H and O–H groups in total. The summed E-state index contributed by atoms with van der Waals surface area (Å²) in [6, 6.07) is 10.5. The summed E-state index contributed by atoms with van der Waals surface area (Å²) < 4.78 is 18.9. The first-order valence-corrected chi connectivity index (χ1v) is 9.39. The number of benzene rings is 2. The minimum Gasteiger partial charge on any atom is -0.378 e. The summed E-state index contributed by atoms with van der Waals surface area (Å²) in [4.78, 5) is 29.4. The van der Waals surface area contributed by atoms with E-state index in [1.807, 2.05) is 4.90 Å². The fraction of sp³-hybridized carbons (Fsp3) is 0.200. The van der Waals surface area contributed by atoms with E-state index in [4.69, 9.17) is 27.9 Å². The monoisotopic (exact) mass is 420 g/mol. The number of morpholine rings is 1. The van der Waals surface area contributed by atoms with Crippen molar-refractivity contribution in [2.75, 3.05) is 31.2 Å². The molecule has 0 spiro atoms. The summed E-state index contributed by atoms with van der Waals surface area (Å²) in [5, 5.41) is 0.363. The molecule has 0 saturated carbocycles. The Kier molecular flexibility index (Phi) is 5.10. The Morgan fingerprint density at radius 1 is 0.929 bits per heavy atom. The van der Waals surface area contributed by atoms with Crippen LogP contribution in [0.2, 0.25) is 10.0 Å². The van der Waals surface area contributed by atoms with Crippen molar-refractivity contribution in [3.8, 4) is 0 Å². The molecule has 1 saturated heterocycles. The van der Waals surface area contributed by atoms with Crippen LogP contribution in [0.1, 0.15) is 5.56 Å². The highest BCUT2D eigenvalue weighted by Crippen LogP contribution is 2.36. The molecular formula is C20H15Cl2FN2O3. The van der Waals surface area contributed by atoms with E-state index < -0.39 is 17.6 Å². The van der Waals surface area contributed by atoms with Gasteiger partial charge in [0.1, 0.15) is 11.5 Å². The Morgan fingerprint density at radius 3 is 2.25 bits per heavy atom. The lowest BCUT2D eigenvalue weighted by molar-refractivity contribution is -0.121. The van der Waals surface area contributed by atoms with Crippen LogP contribution in [0.5, 0.6) is 0 Å². The summed E-state index contributed by atoms with van der Waals surface area (Å²) >= 11 is 11.8. The number of rotatable bonds is 3. The van der Waals surface area contributed by atoms with Gasteiger partial charge in [-0.1, -0.05) is 35.3 Å². The minimum atomic E-state index is -0.621.